The first kappa shape index (κ1) is 96.8. The van der Waals surface area contributed by atoms with Gasteiger partial charge >= 0.3 is 0 Å². The fraction of sp³-hybridized carbons (Fsp3) is 0.955. The monoisotopic (exact) mass is 1730 g/mol. The van der Waals surface area contributed by atoms with Gasteiger partial charge in [0.2, 0.25) is 17.7 Å². The second kappa shape index (κ2) is 41.8. The third-order valence-corrected chi connectivity index (χ3v) is 22.0. The maximum atomic E-state index is 13.7. The summed E-state index contributed by atoms with van der Waals surface area (Å²) in [7, 11) is 0. The number of aliphatic hydroxyl groups excluding tert-OH is 27. The molecule has 30 N–H and O–H groups in total. The first-order valence-corrected chi connectivity index (χ1v) is 37.9. The molecule has 10 aliphatic heterocycles. The third-order valence-electron chi connectivity index (χ3n) is 22.0. The van der Waals surface area contributed by atoms with Gasteiger partial charge in [0.25, 0.3) is 0 Å². The van der Waals surface area contributed by atoms with E-state index in [0.29, 0.717) is 0 Å². The highest BCUT2D eigenvalue weighted by Gasteiger charge is 2.62. The van der Waals surface area contributed by atoms with Crippen molar-refractivity contribution in [2.75, 3.05) is 52.9 Å². The van der Waals surface area contributed by atoms with E-state index in [9.17, 15) is 152 Å². The van der Waals surface area contributed by atoms with E-state index in [0.717, 1.165) is 20.8 Å². The summed E-state index contributed by atoms with van der Waals surface area (Å²) in [6.07, 6.45) is -96.8. The van der Waals surface area contributed by atoms with E-state index in [1.165, 1.54) is 13.8 Å². The first-order valence-electron chi connectivity index (χ1n) is 37.9. The van der Waals surface area contributed by atoms with E-state index in [-0.39, 0.29) is 0 Å². The Balaban J connectivity index is 0.983. The molecule has 3 amide bonds. The lowest BCUT2D eigenvalue weighted by Crippen LogP contribution is -2.71. The predicted molar refractivity (Wildman–Crippen MR) is 362 cm³/mol. The minimum atomic E-state index is -2.51. The highest BCUT2D eigenvalue weighted by atomic mass is 16.8. The molecule has 0 aromatic heterocycles. The quantitative estimate of drug-likeness (QED) is 0.0331. The van der Waals surface area contributed by atoms with Gasteiger partial charge in [-0.3, -0.25) is 14.4 Å². The Kier molecular flexibility index (Phi) is 34.3. The lowest BCUT2D eigenvalue weighted by molar-refractivity contribution is -0.395. The van der Waals surface area contributed by atoms with Crippen molar-refractivity contribution in [2.45, 2.75) is 341 Å². The van der Waals surface area contributed by atoms with Crippen LogP contribution in [0, 0.1) is 0 Å². The molecule has 0 spiro atoms. The molecule has 1 unspecified atom stereocenters. The van der Waals surface area contributed by atoms with Crippen LogP contribution in [0.2, 0.25) is 0 Å². The van der Waals surface area contributed by atoms with Gasteiger partial charge in [0, 0.05) is 20.8 Å². The van der Waals surface area contributed by atoms with Crippen LogP contribution in [0.25, 0.3) is 0 Å². The molecule has 10 saturated heterocycles. The zero-order chi connectivity index (χ0) is 86.8. The summed E-state index contributed by atoms with van der Waals surface area (Å²) in [6, 6.07) is -5.95. The molecule has 10 heterocycles. The molecule has 0 bridgehead atoms. The lowest BCUT2D eigenvalue weighted by Gasteiger charge is -2.52. The summed E-state index contributed by atoms with van der Waals surface area (Å²) in [5.74, 6) is -2.95. The van der Waals surface area contributed by atoms with Crippen LogP contribution in [0.1, 0.15) is 34.6 Å². The summed E-state index contributed by atoms with van der Waals surface area (Å²) < 4.78 is 114. The molecular formula is C66H111N3O49. The molecule has 50 atom stereocenters. The number of carbonyl (C=O) groups excluding carboxylic acids is 3. The minimum absolute atomic E-state index is 0.915. The van der Waals surface area contributed by atoms with Crippen LogP contribution < -0.4 is 16.0 Å². The highest BCUT2D eigenvalue weighted by molar-refractivity contribution is 5.74. The van der Waals surface area contributed by atoms with Gasteiger partial charge in [0.15, 0.2) is 62.9 Å². The van der Waals surface area contributed by atoms with Crippen LogP contribution in [-0.2, 0) is 104 Å². The summed E-state index contributed by atoms with van der Waals surface area (Å²) >= 11 is 0. The maximum absolute atomic E-state index is 13.7. The van der Waals surface area contributed by atoms with Crippen molar-refractivity contribution in [3.63, 3.8) is 0 Å². The van der Waals surface area contributed by atoms with Gasteiger partial charge in [0.1, 0.15) is 232 Å². The highest BCUT2D eigenvalue weighted by Crippen LogP contribution is 2.41. The molecule has 0 radical (unpaired) electrons. The molecule has 0 aromatic carbocycles. The molecule has 118 heavy (non-hydrogen) atoms. The van der Waals surface area contributed by atoms with Gasteiger partial charge in [-0.15, -0.1) is 0 Å². The van der Waals surface area contributed by atoms with Crippen LogP contribution in [0.5, 0.6) is 0 Å². The number of rotatable bonds is 29. The Morgan fingerprint density at radius 1 is 0.237 bits per heavy atom. The number of ether oxygens (including phenoxy) is 19. The maximum Gasteiger partial charge on any atom is 0.217 e. The molecular weight excluding hydrogens is 1620 g/mol. The normalized spacial score (nSPS) is 51.1. The molecule has 52 heteroatoms. The number of aliphatic hydroxyl groups is 27. The Morgan fingerprint density at radius 3 is 0.907 bits per heavy atom. The lowest BCUT2D eigenvalue weighted by atomic mass is 9.93. The second-order valence-electron chi connectivity index (χ2n) is 30.2. The third kappa shape index (κ3) is 20.8. The summed E-state index contributed by atoms with van der Waals surface area (Å²) in [5, 5.41) is 306. The van der Waals surface area contributed by atoms with Crippen molar-refractivity contribution < 1.29 is 242 Å². The number of nitrogens with one attached hydrogen (secondary N) is 3. The van der Waals surface area contributed by atoms with Crippen LogP contribution in [0.15, 0.2) is 0 Å². The zero-order valence-electron chi connectivity index (χ0n) is 63.6. The predicted octanol–water partition coefficient (Wildman–Crippen LogP) is -20.3. The number of amides is 3. The van der Waals surface area contributed by atoms with Crippen molar-refractivity contribution in [2.24, 2.45) is 0 Å². The van der Waals surface area contributed by atoms with E-state index in [1.54, 1.807) is 0 Å². The van der Waals surface area contributed by atoms with E-state index in [1.807, 2.05) is 0 Å². The topological polar surface area (TPSA) is 809 Å². The van der Waals surface area contributed by atoms with Crippen LogP contribution in [-0.4, -0.2) is 515 Å². The standard InChI is InChI=1S/C66H111N3O49/c1-14-30(80)37(87)43(93)61(101-14)113-52-25(12-76)109-60(29(69-18(5)79)54(52)116-64-46(96)40(90)33(83)20(7-71)105-64)118-56-35(85)26(110-66(48(56)98)112-50-22(9-73)103-57(99)42(92)41(50)91)13-100-58-28(68-17(4)78)53(115-62-44(94)38(88)31(81)15(2)102-62)51(24(11-75)107-58)114-65-47(97)55(34(84)21(8-72)106-65)117-59-27(67-16(3)77)36(86)49(23(10-74)108-59)111-63-45(95)39(89)32(82)19(6-70)104-63/h14-15,19-66,70-76,80-99H,6-13H2,1-5H3,(H,67,77)(H,68,78)(H,69,79)/t14-,15-,19+,20+,21+,22+,23+,24+,25+,26+,27+,28+,29+,30+,31+,32-,33-,34-,35-,36+,37+,38+,39-,40-,41+,42+,43-,44-,45+,46+,47+,48+,49+,50+,51+,52+,53+,54+,55-,56-,57?,58+,59-,60-,61-,62-,63-,64-,65-,66-/m0/s1. The van der Waals surface area contributed by atoms with Gasteiger partial charge < -0.3 is 244 Å². The molecule has 684 valence electrons. The molecule has 0 saturated carbocycles. The van der Waals surface area contributed by atoms with Gasteiger partial charge in [-0.2, -0.15) is 0 Å². The first-order chi connectivity index (χ1) is 55.8. The van der Waals surface area contributed by atoms with E-state index in [4.69, 9.17) is 90.0 Å². The molecule has 52 nitrogen and oxygen atoms in total. The van der Waals surface area contributed by atoms with Crippen molar-refractivity contribution in [1.29, 1.82) is 0 Å². The Morgan fingerprint density at radius 2 is 0.508 bits per heavy atom. The fourth-order valence-corrected chi connectivity index (χ4v) is 15.4. The van der Waals surface area contributed by atoms with Crippen molar-refractivity contribution in [3.8, 4) is 0 Å². The average molecular weight is 1730 g/mol. The number of hydrogen-bond donors (Lipinski definition) is 30. The second-order valence-corrected chi connectivity index (χ2v) is 30.2. The van der Waals surface area contributed by atoms with Crippen LogP contribution >= 0.6 is 0 Å². The molecule has 10 rings (SSSR count). The van der Waals surface area contributed by atoms with E-state index >= 15 is 0 Å². The van der Waals surface area contributed by atoms with Gasteiger partial charge in [0.05, 0.1) is 65.1 Å². The van der Waals surface area contributed by atoms with Crippen LogP contribution in [0.3, 0.4) is 0 Å². The SMILES string of the molecule is CC(=O)N[C@H]1[C@H](O[C@H]2[C@@H](O)[C@@H](CO)O[C@@H](O[C@H]3[C@H](O[C@@H]4O[C@@H](C)[C@@H](O)[C@@H](O)[C@@H]4O)[C@@H](NC(C)=O)[C@H](OC[C@H]4O[C@@H](O[C@H]5[C@H](O)[C@@H](O)C(O)O[C@@H]5CO)[C@H](O)[C@@H](O[C@@H]5O[C@H](CO)[C@@H](O[C@@H]6O[C@@H](C)[C@@H](O)[C@@H](O)[C@@H]6O)[C@H](O[C@@H]6O[C@H](CO)[C@H](O)[C@H](O)[C@H]6O)[C@H]5NC(C)=O)[C@H]4O)O[C@@H]3CO)[C@@H]2O)O[C@H](CO)[C@@H](O[C@@H]2O[C@H](CO)[C@H](O)[C@H](O)[C@H]2O)[C@@H]1O. The van der Waals surface area contributed by atoms with Crippen LogP contribution in [0.4, 0.5) is 0 Å². The molecule has 0 aliphatic carbocycles. The summed E-state index contributed by atoms with van der Waals surface area (Å²) in [4.78, 5) is 40.0. The summed E-state index contributed by atoms with van der Waals surface area (Å²) in [5.41, 5.74) is 0. The Labute approximate surface area is 668 Å². The smallest absolute Gasteiger partial charge is 0.217 e. The Hall–Kier alpha value is -3.43. The minimum Gasteiger partial charge on any atom is -0.394 e. The molecule has 10 fully saturated rings. The average Bonchev–Trinajstić information content (AvgIpc) is 0.772. The molecule has 10 aliphatic rings. The van der Waals surface area contributed by atoms with Crippen molar-refractivity contribution in [1.82, 2.24) is 16.0 Å². The number of carbonyl (C=O) groups is 3. The van der Waals surface area contributed by atoms with Crippen molar-refractivity contribution in [3.05, 3.63) is 0 Å². The Bertz CT molecular complexity index is 3140. The summed E-state index contributed by atoms with van der Waals surface area (Å²) in [6.45, 7) is -3.75. The van der Waals surface area contributed by atoms with Gasteiger partial charge in [-0.25, -0.2) is 0 Å². The van der Waals surface area contributed by atoms with Gasteiger partial charge in [-0.1, -0.05) is 0 Å². The van der Waals surface area contributed by atoms with E-state index in [2.05, 4.69) is 16.0 Å². The van der Waals surface area contributed by atoms with Crippen molar-refractivity contribution >= 4 is 17.7 Å². The molecule has 0 aromatic rings. The number of hydrogen-bond acceptors (Lipinski definition) is 49. The largest absolute Gasteiger partial charge is 0.394 e. The van der Waals surface area contributed by atoms with Gasteiger partial charge in [-0.05, 0) is 13.8 Å². The fourth-order valence-electron chi connectivity index (χ4n) is 15.4. The zero-order valence-corrected chi connectivity index (χ0v) is 63.6. The van der Waals surface area contributed by atoms with E-state index < -0.39 is 377 Å².